The van der Waals surface area contributed by atoms with Crippen molar-refractivity contribution in [3.05, 3.63) is 64.1 Å². The van der Waals surface area contributed by atoms with Gasteiger partial charge in [0.15, 0.2) is 0 Å². The van der Waals surface area contributed by atoms with Gasteiger partial charge in [0.05, 0.1) is 0 Å². The molecule has 7 heteroatoms. The van der Waals surface area contributed by atoms with Gasteiger partial charge in [-0.3, -0.25) is 14.4 Å². The molecular formula is C24H28BrN3O3. The van der Waals surface area contributed by atoms with Gasteiger partial charge in [0.1, 0.15) is 6.04 Å². The molecular weight excluding hydrogens is 458 g/mol. The molecule has 164 valence electrons. The smallest absolute Gasteiger partial charge is 0.255 e. The van der Waals surface area contributed by atoms with Crippen LogP contribution in [0.25, 0.3) is 0 Å². The molecule has 1 atom stereocenters. The van der Waals surface area contributed by atoms with E-state index in [0.717, 1.165) is 17.3 Å². The van der Waals surface area contributed by atoms with E-state index >= 15 is 0 Å². The Morgan fingerprint density at radius 1 is 1.03 bits per heavy atom. The zero-order valence-corrected chi connectivity index (χ0v) is 19.4. The minimum absolute atomic E-state index is 0.0788. The zero-order chi connectivity index (χ0) is 22.4. The van der Waals surface area contributed by atoms with Gasteiger partial charge in [-0.15, -0.1) is 0 Å². The first-order valence-electron chi connectivity index (χ1n) is 10.6. The van der Waals surface area contributed by atoms with Crippen molar-refractivity contribution in [1.82, 2.24) is 10.2 Å². The van der Waals surface area contributed by atoms with E-state index in [9.17, 15) is 14.4 Å². The fourth-order valence-corrected chi connectivity index (χ4v) is 3.82. The Kier molecular flexibility index (Phi) is 7.85. The summed E-state index contributed by atoms with van der Waals surface area (Å²) in [6.45, 7) is 5.43. The summed E-state index contributed by atoms with van der Waals surface area (Å²) in [4.78, 5) is 39.5. The first-order valence-corrected chi connectivity index (χ1v) is 11.4. The third-order valence-electron chi connectivity index (χ3n) is 5.33. The van der Waals surface area contributed by atoms with Crippen LogP contribution in [-0.4, -0.2) is 41.8 Å². The predicted octanol–water partition coefficient (Wildman–Crippen LogP) is 4.47. The lowest BCUT2D eigenvalue weighted by Gasteiger charge is -2.24. The molecule has 0 aromatic heterocycles. The second-order valence-electron chi connectivity index (χ2n) is 8.17. The van der Waals surface area contributed by atoms with Gasteiger partial charge in [0.2, 0.25) is 5.91 Å². The molecule has 0 saturated carbocycles. The van der Waals surface area contributed by atoms with Crippen LogP contribution in [0.2, 0.25) is 0 Å². The summed E-state index contributed by atoms with van der Waals surface area (Å²) < 4.78 is 0.903. The highest BCUT2D eigenvalue weighted by atomic mass is 79.9. The van der Waals surface area contributed by atoms with Gasteiger partial charge in [-0.25, -0.2) is 0 Å². The summed E-state index contributed by atoms with van der Waals surface area (Å²) in [7, 11) is 0. The van der Waals surface area contributed by atoms with Crippen LogP contribution in [0.15, 0.2) is 53.0 Å². The summed E-state index contributed by atoms with van der Waals surface area (Å²) in [5.41, 5.74) is 1.66. The van der Waals surface area contributed by atoms with E-state index in [-0.39, 0.29) is 17.7 Å². The predicted molar refractivity (Wildman–Crippen MR) is 125 cm³/mol. The molecule has 1 aliphatic rings. The van der Waals surface area contributed by atoms with E-state index in [1.165, 1.54) is 0 Å². The Labute approximate surface area is 191 Å². The molecule has 1 unspecified atom stereocenters. The van der Waals surface area contributed by atoms with Gasteiger partial charge < -0.3 is 15.5 Å². The average molecular weight is 486 g/mol. The quantitative estimate of drug-likeness (QED) is 0.607. The van der Waals surface area contributed by atoms with E-state index in [4.69, 9.17) is 0 Å². The van der Waals surface area contributed by atoms with Crippen LogP contribution in [0.5, 0.6) is 0 Å². The Morgan fingerprint density at radius 3 is 2.32 bits per heavy atom. The molecule has 2 N–H and O–H groups in total. The molecule has 0 bridgehead atoms. The van der Waals surface area contributed by atoms with Crippen LogP contribution in [-0.2, 0) is 4.79 Å². The van der Waals surface area contributed by atoms with Crippen molar-refractivity contribution in [3.8, 4) is 0 Å². The van der Waals surface area contributed by atoms with Gasteiger partial charge in [0, 0.05) is 34.4 Å². The number of carbonyl (C=O) groups excluding carboxylic acids is 3. The molecule has 2 aromatic carbocycles. The Morgan fingerprint density at radius 2 is 1.68 bits per heavy atom. The molecule has 6 nitrogen and oxygen atoms in total. The van der Waals surface area contributed by atoms with Crippen LogP contribution in [0.1, 0.15) is 53.8 Å². The second-order valence-corrected chi connectivity index (χ2v) is 9.08. The summed E-state index contributed by atoms with van der Waals surface area (Å²) in [5, 5.41) is 5.79. The van der Waals surface area contributed by atoms with Crippen molar-refractivity contribution in [3.63, 3.8) is 0 Å². The first-order chi connectivity index (χ1) is 14.8. The molecule has 1 heterocycles. The minimum atomic E-state index is -0.420. The van der Waals surface area contributed by atoms with Crippen LogP contribution >= 0.6 is 15.9 Å². The van der Waals surface area contributed by atoms with E-state index < -0.39 is 6.04 Å². The van der Waals surface area contributed by atoms with Crippen molar-refractivity contribution >= 4 is 39.3 Å². The normalized spacial score (nSPS) is 15.7. The highest BCUT2D eigenvalue weighted by Gasteiger charge is 2.34. The lowest BCUT2D eigenvalue weighted by atomic mass is 10.1. The number of likely N-dealkylation sites (tertiary alicyclic amines) is 1. The highest BCUT2D eigenvalue weighted by molar-refractivity contribution is 9.10. The lowest BCUT2D eigenvalue weighted by Crippen LogP contribution is -2.46. The Bertz CT molecular complexity index is 926. The van der Waals surface area contributed by atoms with Crippen molar-refractivity contribution in [2.24, 2.45) is 5.92 Å². The maximum absolute atomic E-state index is 13.0. The zero-order valence-electron chi connectivity index (χ0n) is 17.9. The fourth-order valence-electron chi connectivity index (χ4n) is 3.55. The molecule has 1 saturated heterocycles. The fraction of sp³-hybridized carbons (Fsp3) is 0.375. The molecule has 3 rings (SSSR count). The number of nitrogens with one attached hydrogen (secondary N) is 2. The third kappa shape index (κ3) is 6.17. The monoisotopic (exact) mass is 485 g/mol. The number of rotatable bonds is 7. The van der Waals surface area contributed by atoms with E-state index in [1.807, 2.05) is 12.1 Å². The van der Waals surface area contributed by atoms with Gasteiger partial charge >= 0.3 is 0 Å². The summed E-state index contributed by atoms with van der Waals surface area (Å²) >= 11 is 3.35. The van der Waals surface area contributed by atoms with Gasteiger partial charge in [-0.05, 0) is 73.7 Å². The molecule has 3 amide bonds. The Balaban J connectivity index is 1.60. The van der Waals surface area contributed by atoms with Gasteiger partial charge in [-0.2, -0.15) is 0 Å². The van der Waals surface area contributed by atoms with Gasteiger partial charge in [0.25, 0.3) is 11.8 Å². The maximum atomic E-state index is 13.0. The highest BCUT2D eigenvalue weighted by Crippen LogP contribution is 2.22. The number of anilines is 1. The van der Waals surface area contributed by atoms with Crippen LogP contribution < -0.4 is 10.6 Å². The number of benzene rings is 2. The topological polar surface area (TPSA) is 78.5 Å². The summed E-state index contributed by atoms with van der Waals surface area (Å²) in [6, 6.07) is 13.4. The van der Waals surface area contributed by atoms with Crippen LogP contribution in [0.3, 0.4) is 0 Å². The van der Waals surface area contributed by atoms with Crippen molar-refractivity contribution < 1.29 is 14.4 Å². The van der Waals surface area contributed by atoms with Crippen molar-refractivity contribution in [2.45, 2.75) is 39.2 Å². The molecule has 2 aromatic rings. The van der Waals surface area contributed by atoms with Crippen LogP contribution in [0.4, 0.5) is 5.69 Å². The summed E-state index contributed by atoms with van der Waals surface area (Å²) in [5.74, 6) is 0.0609. The second kappa shape index (κ2) is 10.6. The standard InChI is InChI=1S/C24H28BrN3O3/c1-16(2)13-14-26-23(30)21-4-3-15-28(21)24(31)18-7-11-20(12-8-18)27-22(29)17-5-9-19(25)10-6-17/h5-12,16,21H,3-4,13-15H2,1-2H3,(H,26,30)(H,27,29). The maximum Gasteiger partial charge on any atom is 0.255 e. The van der Waals surface area contributed by atoms with E-state index in [1.54, 1.807) is 41.3 Å². The number of amides is 3. The third-order valence-corrected chi connectivity index (χ3v) is 5.86. The van der Waals surface area contributed by atoms with Crippen molar-refractivity contribution in [1.29, 1.82) is 0 Å². The van der Waals surface area contributed by atoms with E-state index in [0.29, 0.717) is 42.2 Å². The molecule has 0 aliphatic carbocycles. The summed E-state index contributed by atoms with van der Waals surface area (Å²) in [6.07, 6.45) is 2.41. The molecule has 1 aliphatic heterocycles. The number of hydrogen-bond donors (Lipinski definition) is 2. The number of carbonyl (C=O) groups is 3. The van der Waals surface area contributed by atoms with E-state index in [2.05, 4.69) is 40.4 Å². The lowest BCUT2D eigenvalue weighted by molar-refractivity contribution is -0.124. The molecule has 31 heavy (non-hydrogen) atoms. The number of nitrogens with zero attached hydrogens (tertiary/aromatic N) is 1. The van der Waals surface area contributed by atoms with Crippen LogP contribution in [0, 0.1) is 5.92 Å². The van der Waals surface area contributed by atoms with Crippen molar-refractivity contribution in [2.75, 3.05) is 18.4 Å². The molecule has 0 radical (unpaired) electrons. The largest absolute Gasteiger partial charge is 0.354 e. The number of halogens is 1. The van der Waals surface area contributed by atoms with Gasteiger partial charge in [-0.1, -0.05) is 29.8 Å². The molecule has 1 fully saturated rings. The Hall–Kier alpha value is -2.67. The minimum Gasteiger partial charge on any atom is -0.354 e. The first kappa shape index (κ1) is 23.0. The molecule has 0 spiro atoms. The average Bonchev–Trinajstić information content (AvgIpc) is 3.24. The number of hydrogen-bond acceptors (Lipinski definition) is 3. The SMILES string of the molecule is CC(C)CCNC(=O)C1CCCN1C(=O)c1ccc(NC(=O)c2ccc(Br)cc2)cc1.